The lowest BCUT2D eigenvalue weighted by molar-refractivity contribution is -0.681. The van der Waals surface area contributed by atoms with Crippen LogP contribution < -0.4 is 5.32 Å². The zero-order valence-electron chi connectivity index (χ0n) is 7.07. The molecule has 70 valence electrons. The van der Waals surface area contributed by atoms with Crippen molar-refractivity contribution in [1.29, 1.82) is 0 Å². The maximum atomic E-state index is 9.56. The first-order chi connectivity index (χ1) is 6.20. The molecule has 0 saturated heterocycles. The molecule has 0 amide bonds. The van der Waals surface area contributed by atoms with Gasteiger partial charge in [0.25, 0.3) is 0 Å². The number of aliphatic hydroxyl groups is 1. The molecule has 1 heterocycles. The Morgan fingerprint density at radius 2 is 1.92 bits per heavy atom. The molecule has 0 aromatic heterocycles. The molecule has 0 bridgehead atoms. The van der Waals surface area contributed by atoms with Crippen molar-refractivity contribution in [2.75, 3.05) is 6.54 Å². The van der Waals surface area contributed by atoms with Crippen LogP contribution in [0.5, 0.6) is 11.5 Å². The van der Waals surface area contributed by atoms with Gasteiger partial charge in [0, 0.05) is 5.56 Å². The fourth-order valence-electron chi connectivity index (χ4n) is 1.73. The molecule has 1 atom stereocenters. The van der Waals surface area contributed by atoms with Gasteiger partial charge in [-0.25, -0.2) is 0 Å². The van der Waals surface area contributed by atoms with Gasteiger partial charge in [0.15, 0.2) is 0 Å². The van der Waals surface area contributed by atoms with Gasteiger partial charge in [-0.1, -0.05) is 0 Å². The van der Waals surface area contributed by atoms with Crippen molar-refractivity contribution in [3.05, 3.63) is 23.3 Å². The monoisotopic (exact) mass is 182 g/mol. The van der Waals surface area contributed by atoms with Crippen LogP contribution in [0.2, 0.25) is 0 Å². The summed E-state index contributed by atoms with van der Waals surface area (Å²) in [5.41, 5.74) is 1.11. The smallest absolute Gasteiger partial charge is 0.132 e. The van der Waals surface area contributed by atoms with E-state index in [0.717, 1.165) is 0 Å². The van der Waals surface area contributed by atoms with Crippen molar-refractivity contribution in [3.63, 3.8) is 0 Å². The predicted octanol–water partition coefficient (Wildman–Crippen LogP) is -0.792. The Kier molecular flexibility index (Phi) is 1.86. The molecule has 13 heavy (non-hydrogen) atoms. The van der Waals surface area contributed by atoms with Gasteiger partial charge in [-0.05, 0) is 12.1 Å². The molecule has 0 fully saturated rings. The average molecular weight is 182 g/mol. The molecule has 4 nitrogen and oxygen atoms in total. The van der Waals surface area contributed by atoms with Crippen LogP contribution >= 0.6 is 0 Å². The van der Waals surface area contributed by atoms with E-state index in [4.69, 9.17) is 0 Å². The van der Waals surface area contributed by atoms with E-state index >= 15 is 0 Å². The van der Waals surface area contributed by atoms with Gasteiger partial charge in [0.2, 0.25) is 0 Å². The van der Waals surface area contributed by atoms with Crippen LogP contribution in [0.25, 0.3) is 0 Å². The molecule has 0 saturated carbocycles. The van der Waals surface area contributed by atoms with Crippen LogP contribution in [0.3, 0.4) is 0 Å². The maximum absolute atomic E-state index is 9.56. The second-order valence-corrected chi connectivity index (χ2v) is 3.24. The second kappa shape index (κ2) is 2.90. The summed E-state index contributed by atoms with van der Waals surface area (Å²) in [5, 5.41) is 30.4. The quantitative estimate of drug-likeness (QED) is 0.397. The van der Waals surface area contributed by atoms with Gasteiger partial charge in [-0.2, -0.15) is 0 Å². The Hall–Kier alpha value is -1.26. The second-order valence-electron chi connectivity index (χ2n) is 3.24. The Morgan fingerprint density at radius 3 is 2.62 bits per heavy atom. The molecule has 5 N–H and O–H groups in total. The Balaban J connectivity index is 2.60. The number of quaternary nitrogens is 1. The van der Waals surface area contributed by atoms with Gasteiger partial charge >= 0.3 is 0 Å². The minimum atomic E-state index is -0.684. The summed E-state index contributed by atoms with van der Waals surface area (Å²) in [4.78, 5) is 0. The van der Waals surface area contributed by atoms with E-state index in [1.165, 1.54) is 12.1 Å². The van der Waals surface area contributed by atoms with Crippen molar-refractivity contribution >= 4 is 0 Å². The Morgan fingerprint density at radius 1 is 1.23 bits per heavy atom. The number of aliphatic hydroxyl groups excluding tert-OH is 1. The van der Waals surface area contributed by atoms with E-state index in [9.17, 15) is 15.3 Å². The number of hydrogen-bond acceptors (Lipinski definition) is 3. The molecule has 2 rings (SSSR count). The van der Waals surface area contributed by atoms with Crippen LogP contribution in [0.1, 0.15) is 17.2 Å². The number of phenolic OH excluding ortho intramolecular Hbond substituents is 2. The van der Waals surface area contributed by atoms with E-state index < -0.39 is 6.10 Å². The normalized spacial score (nSPS) is 21.2. The molecule has 0 spiro atoms. The highest BCUT2D eigenvalue weighted by Gasteiger charge is 2.26. The summed E-state index contributed by atoms with van der Waals surface area (Å²) < 4.78 is 0. The molecule has 1 aliphatic rings. The van der Waals surface area contributed by atoms with Crippen LogP contribution in [0.15, 0.2) is 12.1 Å². The van der Waals surface area contributed by atoms with Crippen LogP contribution in [0, 0.1) is 0 Å². The first-order valence-electron chi connectivity index (χ1n) is 4.23. The van der Waals surface area contributed by atoms with Crippen molar-refractivity contribution in [1.82, 2.24) is 0 Å². The molecule has 0 unspecified atom stereocenters. The minimum absolute atomic E-state index is 0.0633. The molecular formula is C9H12NO3+. The number of nitrogens with two attached hydrogens (primary N) is 1. The molecule has 0 radical (unpaired) electrons. The lowest BCUT2D eigenvalue weighted by Crippen LogP contribution is -2.85. The minimum Gasteiger partial charge on any atom is -0.508 e. The lowest BCUT2D eigenvalue weighted by Gasteiger charge is -2.21. The summed E-state index contributed by atoms with van der Waals surface area (Å²) in [6, 6.07) is 2.85. The largest absolute Gasteiger partial charge is 0.508 e. The third-order valence-electron chi connectivity index (χ3n) is 2.38. The van der Waals surface area contributed by atoms with E-state index in [-0.39, 0.29) is 11.5 Å². The van der Waals surface area contributed by atoms with Crippen LogP contribution in [-0.4, -0.2) is 21.9 Å². The van der Waals surface area contributed by atoms with Gasteiger partial charge in [0.1, 0.15) is 30.7 Å². The van der Waals surface area contributed by atoms with Gasteiger partial charge < -0.3 is 20.6 Å². The summed E-state index contributed by atoms with van der Waals surface area (Å²) >= 11 is 0. The average Bonchev–Trinajstić information content (AvgIpc) is 2.12. The number of phenols is 2. The van der Waals surface area contributed by atoms with E-state index in [0.29, 0.717) is 24.2 Å². The van der Waals surface area contributed by atoms with Crippen molar-refractivity contribution in [3.8, 4) is 11.5 Å². The Labute approximate surface area is 75.5 Å². The molecule has 1 aromatic carbocycles. The summed E-state index contributed by atoms with van der Waals surface area (Å²) in [6.07, 6.45) is -0.684. The fraction of sp³-hybridized carbons (Fsp3) is 0.333. The van der Waals surface area contributed by atoms with Gasteiger partial charge in [-0.3, -0.25) is 0 Å². The standard InChI is InChI=1S/C9H11NO3/c11-6-1-2-7(12)9-5(6)3-10-4-8(9)13/h1-2,8,10-13H,3-4H2/p+1/t8-/m0/s1. The number of benzene rings is 1. The number of hydrogen-bond donors (Lipinski definition) is 4. The zero-order chi connectivity index (χ0) is 9.42. The van der Waals surface area contributed by atoms with Crippen molar-refractivity contribution in [2.24, 2.45) is 0 Å². The molecular weight excluding hydrogens is 170 g/mol. The first-order valence-corrected chi connectivity index (χ1v) is 4.23. The van der Waals surface area contributed by atoms with Crippen LogP contribution in [0.4, 0.5) is 0 Å². The van der Waals surface area contributed by atoms with Crippen molar-refractivity contribution < 1.29 is 20.6 Å². The number of aromatic hydroxyl groups is 2. The molecule has 4 heteroatoms. The number of fused-ring (bicyclic) bond motifs is 1. The fourth-order valence-corrected chi connectivity index (χ4v) is 1.73. The van der Waals surface area contributed by atoms with Gasteiger partial charge in [0.05, 0.1) is 5.56 Å². The summed E-state index contributed by atoms with van der Waals surface area (Å²) in [7, 11) is 0. The lowest BCUT2D eigenvalue weighted by atomic mass is 9.97. The highest BCUT2D eigenvalue weighted by molar-refractivity contribution is 5.48. The number of rotatable bonds is 0. The van der Waals surface area contributed by atoms with Crippen LogP contribution in [-0.2, 0) is 6.54 Å². The maximum Gasteiger partial charge on any atom is 0.132 e. The molecule has 1 aliphatic heterocycles. The highest BCUT2D eigenvalue weighted by atomic mass is 16.3. The third-order valence-corrected chi connectivity index (χ3v) is 2.38. The first kappa shape index (κ1) is 8.34. The predicted molar refractivity (Wildman–Crippen MR) is 45.2 cm³/mol. The SMILES string of the molecule is Oc1ccc(O)c2c1C[NH2+]C[C@@H]2O. The molecule has 0 aliphatic carbocycles. The van der Waals surface area contributed by atoms with E-state index in [2.05, 4.69) is 0 Å². The third kappa shape index (κ3) is 1.24. The van der Waals surface area contributed by atoms with E-state index in [1.54, 1.807) is 0 Å². The van der Waals surface area contributed by atoms with E-state index in [1.807, 2.05) is 5.32 Å². The topological polar surface area (TPSA) is 77.3 Å². The van der Waals surface area contributed by atoms with Gasteiger partial charge in [-0.15, -0.1) is 0 Å². The zero-order valence-corrected chi connectivity index (χ0v) is 7.07. The highest BCUT2D eigenvalue weighted by Crippen LogP contribution is 2.33. The molecule has 1 aromatic rings. The Bertz CT molecular complexity index is 338. The summed E-state index contributed by atoms with van der Waals surface area (Å²) in [6.45, 7) is 1.14. The summed E-state index contributed by atoms with van der Waals surface area (Å²) in [5.74, 6) is 0.205. The van der Waals surface area contributed by atoms with Crippen molar-refractivity contribution in [2.45, 2.75) is 12.6 Å².